The number of hydrogen-bond acceptors (Lipinski definition) is 4. The number of nitrogens with zero attached hydrogens (tertiary/aromatic N) is 2. The van der Waals surface area contributed by atoms with Gasteiger partial charge in [0.25, 0.3) is 0 Å². The lowest BCUT2D eigenvalue weighted by Crippen LogP contribution is -2.60. The molecule has 0 saturated carbocycles. The summed E-state index contributed by atoms with van der Waals surface area (Å²) in [6, 6.07) is -2.50. The van der Waals surface area contributed by atoms with Crippen LogP contribution in [0.2, 0.25) is 0 Å². The zero-order valence-corrected chi connectivity index (χ0v) is 9.95. The largest absolute Gasteiger partial charge is 0.405 e. The summed E-state index contributed by atoms with van der Waals surface area (Å²) in [5.41, 5.74) is 5.43. The van der Waals surface area contributed by atoms with E-state index in [4.69, 9.17) is 10.8 Å². The Bertz CT molecular complexity index is 227. The van der Waals surface area contributed by atoms with Gasteiger partial charge in [-0.25, -0.2) is 0 Å². The minimum Gasteiger partial charge on any atom is -0.395 e. The zero-order valence-electron chi connectivity index (χ0n) is 9.95. The fraction of sp³-hybridized carbons (Fsp3) is 1.00. The first-order chi connectivity index (χ1) is 7.86. The zero-order chi connectivity index (χ0) is 13.1. The molecule has 2 atom stereocenters. The molecule has 1 aliphatic heterocycles. The van der Waals surface area contributed by atoms with E-state index in [0.717, 1.165) is 0 Å². The fourth-order valence-corrected chi connectivity index (χ4v) is 2.24. The van der Waals surface area contributed by atoms with E-state index in [1.807, 2.05) is 4.90 Å². The van der Waals surface area contributed by atoms with Crippen LogP contribution in [0.3, 0.4) is 0 Å². The lowest BCUT2D eigenvalue weighted by Gasteiger charge is -2.41. The van der Waals surface area contributed by atoms with Crippen LogP contribution < -0.4 is 5.73 Å². The highest BCUT2D eigenvalue weighted by molar-refractivity contribution is 4.88. The van der Waals surface area contributed by atoms with Gasteiger partial charge in [-0.1, -0.05) is 0 Å². The predicted molar refractivity (Wildman–Crippen MR) is 58.6 cm³/mol. The van der Waals surface area contributed by atoms with Gasteiger partial charge in [-0.2, -0.15) is 13.2 Å². The third-order valence-electron chi connectivity index (χ3n) is 3.05. The van der Waals surface area contributed by atoms with E-state index in [1.165, 1.54) is 11.8 Å². The summed E-state index contributed by atoms with van der Waals surface area (Å²) in [7, 11) is 0. The molecule has 1 rings (SSSR count). The Kier molecular flexibility index (Phi) is 5.18. The van der Waals surface area contributed by atoms with Crippen LogP contribution >= 0.6 is 0 Å². The van der Waals surface area contributed by atoms with E-state index in [-0.39, 0.29) is 6.61 Å². The molecule has 0 bridgehead atoms. The Morgan fingerprint density at radius 1 is 1.24 bits per heavy atom. The Morgan fingerprint density at radius 2 is 1.76 bits per heavy atom. The summed E-state index contributed by atoms with van der Waals surface area (Å²) in [5, 5.41) is 8.76. The van der Waals surface area contributed by atoms with Crippen LogP contribution in [0, 0.1) is 0 Å². The van der Waals surface area contributed by atoms with Crippen molar-refractivity contribution >= 4 is 0 Å². The molecule has 0 radical (unpaired) electrons. The van der Waals surface area contributed by atoms with Crippen LogP contribution in [0.15, 0.2) is 0 Å². The number of halogens is 3. The van der Waals surface area contributed by atoms with Gasteiger partial charge < -0.3 is 10.8 Å². The third kappa shape index (κ3) is 4.09. The number of aliphatic hydroxyl groups is 1. The summed E-state index contributed by atoms with van der Waals surface area (Å²) < 4.78 is 38.5. The standard InChI is InChI=1S/C10H20F3N3O/c1-8(14)9(10(11,12)13)16-4-2-15(3-5-16)6-7-17/h8-9,17H,2-7,14H2,1H3. The topological polar surface area (TPSA) is 52.7 Å². The molecule has 0 spiro atoms. The molecule has 1 saturated heterocycles. The van der Waals surface area contributed by atoms with Crippen molar-refractivity contribution in [2.75, 3.05) is 39.3 Å². The van der Waals surface area contributed by atoms with Crippen molar-refractivity contribution in [3.63, 3.8) is 0 Å². The summed E-state index contributed by atoms with van der Waals surface area (Å²) in [4.78, 5) is 3.34. The van der Waals surface area contributed by atoms with Gasteiger partial charge in [0, 0.05) is 38.8 Å². The summed E-state index contributed by atoms with van der Waals surface area (Å²) >= 11 is 0. The van der Waals surface area contributed by atoms with Crippen molar-refractivity contribution in [2.45, 2.75) is 25.2 Å². The van der Waals surface area contributed by atoms with Gasteiger partial charge in [-0.3, -0.25) is 9.80 Å². The third-order valence-corrected chi connectivity index (χ3v) is 3.05. The van der Waals surface area contributed by atoms with E-state index in [2.05, 4.69) is 0 Å². The van der Waals surface area contributed by atoms with Gasteiger partial charge in [0.05, 0.1) is 6.61 Å². The Morgan fingerprint density at radius 3 is 2.12 bits per heavy atom. The molecular weight excluding hydrogens is 235 g/mol. The monoisotopic (exact) mass is 255 g/mol. The van der Waals surface area contributed by atoms with Gasteiger partial charge in [-0.05, 0) is 6.92 Å². The number of piperazine rings is 1. The molecule has 3 N–H and O–H groups in total. The number of rotatable bonds is 4. The van der Waals surface area contributed by atoms with Gasteiger partial charge >= 0.3 is 6.18 Å². The van der Waals surface area contributed by atoms with E-state index in [1.54, 1.807) is 0 Å². The van der Waals surface area contributed by atoms with Gasteiger partial charge in [0.2, 0.25) is 0 Å². The maximum atomic E-state index is 12.8. The molecule has 0 aromatic heterocycles. The maximum Gasteiger partial charge on any atom is 0.405 e. The molecule has 0 amide bonds. The molecule has 1 aliphatic rings. The smallest absolute Gasteiger partial charge is 0.395 e. The molecule has 0 aliphatic carbocycles. The van der Waals surface area contributed by atoms with E-state index in [0.29, 0.717) is 32.7 Å². The molecule has 0 aromatic rings. The first-order valence-electron chi connectivity index (χ1n) is 5.76. The Labute approximate surface area is 99.2 Å². The molecule has 102 valence electrons. The van der Waals surface area contributed by atoms with Gasteiger partial charge in [0.1, 0.15) is 6.04 Å². The number of nitrogens with two attached hydrogens (primary N) is 1. The van der Waals surface area contributed by atoms with E-state index >= 15 is 0 Å². The van der Waals surface area contributed by atoms with Crippen LogP contribution in [0.1, 0.15) is 6.92 Å². The Hall–Kier alpha value is -0.370. The first-order valence-corrected chi connectivity index (χ1v) is 5.76. The highest BCUT2D eigenvalue weighted by atomic mass is 19.4. The highest BCUT2D eigenvalue weighted by Gasteiger charge is 2.46. The Balaban J connectivity index is 2.56. The molecular formula is C10H20F3N3O. The van der Waals surface area contributed by atoms with Crippen molar-refractivity contribution in [1.29, 1.82) is 0 Å². The number of aliphatic hydroxyl groups excluding tert-OH is 1. The number of hydrogen-bond donors (Lipinski definition) is 2. The molecule has 2 unspecified atom stereocenters. The molecule has 4 nitrogen and oxygen atoms in total. The summed E-state index contributed by atoms with van der Waals surface area (Å²) in [6.45, 7) is 3.70. The van der Waals surface area contributed by atoms with E-state index < -0.39 is 18.3 Å². The van der Waals surface area contributed by atoms with Crippen molar-refractivity contribution in [1.82, 2.24) is 9.80 Å². The average Bonchev–Trinajstić information content (AvgIpc) is 2.18. The van der Waals surface area contributed by atoms with Crippen molar-refractivity contribution in [3.05, 3.63) is 0 Å². The van der Waals surface area contributed by atoms with Crippen LogP contribution in [0.5, 0.6) is 0 Å². The maximum absolute atomic E-state index is 12.8. The van der Waals surface area contributed by atoms with Crippen molar-refractivity contribution in [3.8, 4) is 0 Å². The molecule has 0 aromatic carbocycles. The minimum atomic E-state index is -4.28. The summed E-state index contributed by atoms with van der Waals surface area (Å²) in [6.07, 6.45) is -4.28. The second-order valence-electron chi connectivity index (χ2n) is 4.45. The van der Waals surface area contributed by atoms with Gasteiger partial charge in [0.15, 0.2) is 0 Å². The fourth-order valence-electron chi connectivity index (χ4n) is 2.24. The van der Waals surface area contributed by atoms with Crippen LogP contribution in [0.4, 0.5) is 13.2 Å². The SMILES string of the molecule is CC(N)C(N1CCN(CCO)CC1)C(F)(F)F. The second-order valence-corrected chi connectivity index (χ2v) is 4.45. The average molecular weight is 255 g/mol. The van der Waals surface area contributed by atoms with Crippen molar-refractivity contribution < 1.29 is 18.3 Å². The molecule has 1 fully saturated rings. The second kappa shape index (κ2) is 5.99. The molecule has 1 heterocycles. The lowest BCUT2D eigenvalue weighted by molar-refractivity contribution is -0.192. The van der Waals surface area contributed by atoms with Crippen LogP contribution in [-0.4, -0.2) is 72.5 Å². The normalized spacial score (nSPS) is 23.6. The van der Waals surface area contributed by atoms with Crippen LogP contribution in [-0.2, 0) is 0 Å². The van der Waals surface area contributed by atoms with Crippen LogP contribution in [0.25, 0.3) is 0 Å². The quantitative estimate of drug-likeness (QED) is 0.735. The molecule has 17 heavy (non-hydrogen) atoms. The minimum absolute atomic E-state index is 0.0377. The highest BCUT2D eigenvalue weighted by Crippen LogP contribution is 2.27. The first kappa shape index (κ1) is 14.7. The lowest BCUT2D eigenvalue weighted by atomic mass is 10.1. The van der Waals surface area contributed by atoms with E-state index in [9.17, 15) is 13.2 Å². The number of β-amino-alcohol motifs (C(OH)–C–C–N with tert-alkyl or cyclic N) is 1. The predicted octanol–water partition coefficient (Wildman–Crippen LogP) is -0.126. The van der Waals surface area contributed by atoms with Gasteiger partial charge in [-0.15, -0.1) is 0 Å². The summed E-state index contributed by atoms with van der Waals surface area (Å²) in [5.74, 6) is 0. The number of alkyl halides is 3. The van der Waals surface area contributed by atoms with Crippen molar-refractivity contribution in [2.24, 2.45) is 5.73 Å². The molecule has 7 heteroatoms.